The number of hydrogen-bond donors (Lipinski definition) is 0. The van der Waals surface area contributed by atoms with Gasteiger partial charge in [-0.05, 0) is 54.2 Å². The summed E-state index contributed by atoms with van der Waals surface area (Å²) in [5.74, 6) is 1.23. The first kappa shape index (κ1) is 19.4. The number of rotatable bonds is 5. The number of halogens is 1. The van der Waals surface area contributed by atoms with Gasteiger partial charge in [0, 0.05) is 19.0 Å². The molecule has 1 atom stereocenters. The lowest BCUT2D eigenvalue weighted by atomic mass is 9.94. The van der Waals surface area contributed by atoms with Crippen molar-refractivity contribution in [3.63, 3.8) is 0 Å². The van der Waals surface area contributed by atoms with E-state index in [-0.39, 0.29) is 24.2 Å². The average Bonchev–Trinajstić information content (AvgIpc) is 2.93. The quantitative estimate of drug-likeness (QED) is 0.732. The summed E-state index contributed by atoms with van der Waals surface area (Å²) < 4.78 is 18.9. The molecule has 1 fully saturated rings. The Balaban J connectivity index is 1.58. The number of amides is 1. The van der Waals surface area contributed by atoms with Crippen LogP contribution in [0.3, 0.4) is 0 Å². The summed E-state index contributed by atoms with van der Waals surface area (Å²) in [6.07, 6.45) is 3.09. The second-order valence-corrected chi connectivity index (χ2v) is 7.60. The molecule has 1 amide bonds. The van der Waals surface area contributed by atoms with E-state index < -0.39 is 0 Å². The summed E-state index contributed by atoms with van der Waals surface area (Å²) in [6, 6.07) is 14.6. The molecule has 0 aromatic heterocycles. The average molecular weight is 369 g/mol. The second-order valence-electron chi connectivity index (χ2n) is 7.60. The summed E-state index contributed by atoms with van der Waals surface area (Å²) in [6.45, 7) is 5.77. The van der Waals surface area contributed by atoms with Crippen molar-refractivity contribution in [1.29, 1.82) is 0 Å². The van der Waals surface area contributed by atoms with Gasteiger partial charge in [-0.15, -0.1) is 0 Å². The number of nitrogens with zero attached hydrogens (tertiary/aromatic N) is 1. The Bertz CT molecular complexity index is 740. The molecule has 2 aromatic rings. The van der Waals surface area contributed by atoms with Crippen LogP contribution in [0.5, 0.6) is 5.75 Å². The van der Waals surface area contributed by atoms with Gasteiger partial charge in [-0.2, -0.15) is 0 Å². The predicted octanol–water partition coefficient (Wildman–Crippen LogP) is 5.12. The number of carbonyl (C=O) groups is 1. The molecule has 27 heavy (non-hydrogen) atoms. The lowest BCUT2D eigenvalue weighted by Crippen LogP contribution is -2.37. The molecule has 3 rings (SSSR count). The maximum atomic E-state index is 13.2. The normalized spacial score (nSPS) is 17.6. The van der Waals surface area contributed by atoms with Gasteiger partial charge in [0.15, 0.2) is 6.61 Å². The number of hydrogen-bond acceptors (Lipinski definition) is 2. The molecule has 0 spiro atoms. The van der Waals surface area contributed by atoms with Crippen molar-refractivity contribution >= 4 is 5.91 Å². The van der Waals surface area contributed by atoms with Crippen LogP contribution in [0.25, 0.3) is 0 Å². The van der Waals surface area contributed by atoms with E-state index in [1.54, 1.807) is 0 Å². The Kier molecular flexibility index (Phi) is 6.49. The Labute approximate surface area is 161 Å². The highest BCUT2D eigenvalue weighted by Gasteiger charge is 2.23. The number of benzene rings is 2. The van der Waals surface area contributed by atoms with Crippen LogP contribution in [0.2, 0.25) is 0 Å². The van der Waals surface area contributed by atoms with Crippen LogP contribution in [-0.4, -0.2) is 30.5 Å². The lowest BCUT2D eigenvalue weighted by Gasteiger charge is -2.25. The van der Waals surface area contributed by atoms with Gasteiger partial charge >= 0.3 is 0 Å². The fraction of sp³-hybridized carbons (Fsp3) is 0.435. The number of likely N-dealkylation sites (tertiary alicyclic amines) is 1. The molecule has 0 N–H and O–H groups in total. The van der Waals surface area contributed by atoms with Gasteiger partial charge in [-0.25, -0.2) is 4.39 Å². The first-order chi connectivity index (χ1) is 13.0. The zero-order valence-corrected chi connectivity index (χ0v) is 16.2. The Hall–Kier alpha value is -2.36. The molecule has 1 unspecified atom stereocenters. The molecule has 144 valence electrons. The molecule has 0 radical (unpaired) electrons. The van der Waals surface area contributed by atoms with Gasteiger partial charge < -0.3 is 9.64 Å². The van der Waals surface area contributed by atoms with E-state index in [2.05, 4.69) is 13.8 Å². The van der Waals surface area contributed by atoms with Crippen molar-refractivity contribution in [2.24, 2.45) is 0 Å². The zero-order chi connectivity index (χ0) is 19.2. The fourth-order valence-corrected chi connectivity index (χ4v) is 3.56. The van der Waals surface area contributed by atoms with Gasteiger partial charge in [0.25, 0.3) is 5.91 Å². The van der Waals surface area contributed by atoms with Crippen molar-refractivity contribution < 1.29 is 13.9 Å². The Morgan fingerprint density at radius 2 is 1.81 bits per heavy atom. The first-order valence-corrected chi connectivity index (χ1v) is 9.79. The van der Waals surface area contributed by atoms with E-state index in [9.17, 15) is 9.18 Å². The maximum Gasteiger partial charge on any atom is 0.260 e. The van der Waals surface area contributed by atoms with Crippen LogP contribution in [-0.2, 0) is 4.79 Å². The molecule has 2 aromatic carbocycles. The Morgan fingerprint density at radius 1 is 1.11 bits per heavy atom. The van der Waals surface area contributed by atoms with Crippen LogP contribution in [0, 0.1) is 5.82 Å². The number of carbonyl (C=O) groups excluding carboxylic acids is 1. The van der Waals surface area contributed by atoms with E-state index in [1.807, 2.05) is 41.3 Å². The molecule has 1 aliphatic rings. The minimum Gasteiger partial charge on any atom is -0.484 e. The molecule has 0 saturated carbocycles. The molecule has 3 nitrogen and oxygen atoms in total. The minimum atomic E-state index is -0.225. The van der Waals surface area contributed by atoms with Gasteiger partial charge in [0.05, 0.1) is 0 Å². The monoisotopic (exact) mass is 369 g/mol. The molecule has 1 heterocycles. The molecule has 4 heteroatoms. The van der Waals surface area contributed by atoms with Crippen LogP contribution in [0.15, 0.2) is 48.5 Å². The summed E-state index contributed by atoms with van der Waals surface area (Å²) in [5, 5.41) is 0. The molecule has 0 aliphatic carbocycles. The SMILES string of the molecule is CC(C)c1ccc(OCC(=O)N2CCCCC(c3ccc(F)cc3)C2)cc1. The van der Waals surface area contributed by atoms with Crippen LogP contribution in [0.4, 0.5) is 4.39 Å². The largest absolute Gasteiger partial charge is 0.484 e. The number of ether oxygens (including phenoxy) is 1. The zero-order valence-electron chi connectivity index (χ0n) is 16.2. The third kappa shape index (κ3) is 5.31. The standard InChI is InChI=1S/C23H28FNO2/c1-17(2)18-8-12-22(13-9-18)27-16-23(26)25-14-4-3-5-20(15-25)19-6-10-21(24)11-7-19/h6-13,17,20H,3-5,14-16H2,1-2H3. The van der Waals surface area contributed by atoms with Crippen molar-refractivity contribution in [2.75, 3.05) is 19.7 Å². The van der Waals surface area contributed by atoms with Crippen molar-refractivity contribution in [1.82, 2.24) is 4.90 Å². The van der Waals surface area contributed by atoms with Gasteiger partial charge in [-0.3, -0.25) is 4.79 Å². The molecule has 1 aliphatic heterocycles. The second kappa shape index (κ2) is 9.03. The van der Waals surface area contributed by atoms with Crippen LogP contribution >= 0.6 is 0 Å². The van der Waals surface area contributed by atoms with Gasteiger partial charge in [0.1, 0.15) is 11.6 Å². The maximum absolute atomic E-state index is 13.2. The third-order valence-electron chi connectivity index (χ3n) is 5.27. The third-order valence-corrected chi connectivity index (χ3v) is 5.27. The highest BCUT2D eigenvalue weighted by atomic mass is 19.1. The van der Waals surface area contributed by atoms with Crippen LogP contribution < -0.4 is 4.74 Å². The smallest absolute Gasteiger partial charge is 0.260 e. The highest BCUT2D eigenvalue weighted by Crippen LogP contribution is 2.27. The summed E-state index contributed by atoms with van der Waals surface area (Å²) in [4.78, 5) is 14.6. The molecular weight excluding hydrogens is 341 g/mol. The summed E-state index contributed by atoms with van der Waals surface area (Å²) in [7, 11) is 0. The van der Waals surface area contributed by atoms with Crippen molar-refractivity contribution in [2.45, 2.75) is 44.9 Å². The lowest BCUT2D eigenvalue weighted by molar-refractivity contribution is -0.133. The topological polar surface area (TPSA) is 29.5 Å². The highest BCUT2D eigenvalue weighted by molar-refractivity contribution is 5.77. The molecule has 1 saturated heterocycles. The molecule has 0 bridgehead atoms. The van der Waals surface area contributed by atoms with Crippen molar-refractivity contribution in [3.8, 4) is 5.75 Å². The summed E-state index contributed by atoms with van der Waals surface area (Å²) >= 11 is 0. The van der Waals surface area contributed by atoms with E-state index in [1.165, 1.54) is 17.7 Å². The minimum absolute atomic E-state index is 0.0111. The van der Waals surface area contributed by atoms with E-state index in [4.69, 9.17) is 4.74 Å². The summed E-state index contributed by atoms with van der Waals surface area (Å²) in [5.41, 5.74) is 2.35. The van der Waals surface area contributed by atoms with E-state index in [0.717, 1.165) is 37.1 Å². The van der Waals surface area contributed by atoms with Gasteiger partial charge in [-0.1, -0.05) is 44.5 Å². The Morgan fingerprint density at radius 3 is 2.48 bits per heavy atom. The fourth-order valence-electron chi connectivity index (χ4n) is 3.56. The van der Waals surface area contributed by atoms with Crippen LogP contribution in [0.1, 0.15) is 56.1 Å². The predicted molar refractivity (Wildman–Crippen MR) is 106 cm³/mol. The van der Waals surface area contributed by atoms with E-state index >= 15 is 0 Å². The first-order valence-electron chi connectivity index (χ1n) is 9.79. The van der Waals surface area contributed by atoms with Gasteiger partial charge in [0.2, 0.25) is 0 Å². The van der Waals surface area contributed by atoms with E-state index in [0.29, 0.717) is 12.5 Å². The molecular formula is C23H28FNO2. The van der Waals surface area contributed by atoms with Crippen molar-refractivity contribution in [3.05, 3.63) is 65.5 Å².